The van der Waals surface area contributed by atoms with Gasteiger partial charge < -0.3 is 10.6 Å². The van der Waals surface area contributed by atoms with Crippen molar-refractivity contribution in [2.24, 2.45) is 0 Å². The molecule has 0 unspecified atom stereocenters. The molecule has 34 heavy (non-hydrogen) atoms. The summed E-state index contributed by atoms with van der Waals surface area (Å²) in [5.41, 5.74) is 0.471. The van der Waals surface area contributed by atoms with Gasteiger partial charge in [-0.3, -0.25) is 18.7 Å². The molecule has 0 aliphatic rings. The van der Waals surface area contributed by atoms with E-state index >= 15 is 0 Å². The van der Waals surface area contributed by atoms with Crippen LogP contribution < -0.4 is 10.6 Å². The molecule has 2 amide bonds. The summed E-state index contributed by atoms with van der Waals surface area (Å²) in [6, 6.07) is 13.2. The topological polar surface area (TPSA) is 167 Å². The second-order valence-corrected chi connectivity index (χ2v) is 10.1. The van der Waals surface area contributed by atoms with E-state index in [2.05, 4.69) is 10.6 Å². The molecule has 0 fully saturated rings. The maximum Gasteiger partial charge on any atom is 0.295 e. The average molecular weight is 505 g/mol. The normalized spacial score (nSPS) is 11.6. The fourth-order valence-corrected chi connectivity index (χ4v) is 4.77. The highest BCUT2D eigenvalue weighted by molar-refractivity contribution is 7.86. The van der Waals surface area contributed by atoms with E-state index in [9.17, 15) is 35.5 Å². The van der Waals surface area contributed by atoms with Gasteiger partial charge in [0.05, 0.1) is 0 Å². The third-order valence-corrected chi connectivity index (χ3v) is 6.62. The predicted molar refractivity (Wildman–Crippen MR) is 124 cm³/mol. The number of amides is 2. The number of nitrogens with one attached hydrogen (secondary N) is 2. The fraction of sp³-hybridized carbons (Fsp3) is 0.0909. The van der Waals surface area contributed by atoms with E-state index in [1.54, 1.807) is 6.92 Å². The quantitative estimate of drug-likeness (QED) is 0.372. The van der Waals surface area contributed by atoms with Crippen molar-refractivity contribution < 1.29 is 35.5 Å². The predicted octanol–water partition coefficient (Wildman–Crippen LogP) is 2.77. The van der Waals surface area contributed by atoms with Crippen molar-refractivity contribution in [1.82, 2.24) is 5.32 Å². The molecule has 4 N–H and O–H groups in total. The zero-order valence-electron chi connectivity index (χ0n) is 17.9. The number of hydrogen-bond donors (Lipinski definition) is 4. The molecular weight excluding hydrogens is 484 g/mol. The van der Waals surface area contributed by atoms with E-state index in [-0.39, 0.29) is 27.9 Å². The van der Waals surface area contributed by atoms with Crippen LogP contribution in [0.1, 0.15) is 26.3 Å². The number of rotatable bonds is 6. The van der Waals surface area contributed by atoms with Gasteiger partial charge in [0.25, 0.3) is 32.1 Å². The van der Waals surface area contributed by atoms with Crippen molar-refractivity contribution >= 4 is 37.7 Å². The van der Waals surface area contributed by atoms with Gasteiger partial charge in [0.2, 0.25) is 0 Å². The Labute approximate surface area is 196 Å². The molecule has 3 aromatic carbocycles. The second kappa shape index (κ2) is 9.35. The minimum atomic E-state index is -4.88. The van der Waals surface area contributed by atoms with Crippen LogP contribution in [0.15, 0.2) is 70.5 Å². The molecule has 12 heteroatoms. The van der Waals surface area contributed by atoms with Crippen LogP contribution in [0.3, 0.4) is 0 Å². The first-order valence-corrected chi connectivity index (χ1v) is 12.5. The highest BCUT2D eigenvalue weighted by Crippen LogP contribution is 2.34. The van der Waals surface area contributed by atoms with Gasteiger partial charge in [-0.05, 0) is 48.9 Å². The zero-order valence-corrected chi connectivity index (χ0v) is 19.6. The van der Waals surface area contributed by atoms with Crippen LogP contribution in [0.4, 0.5) is 5.69 Å². The molecule has 0 saturated heterocycles. The highest BCUT2D eigenvalue weighted by Gasteiger charge is 2.24. The molecule has 0 aliphatic heterocycles. The average Bonchev–Trinajstić information content (AvgIpc) is 2.77. The highest BCUT2D eigenvalue weighted by atomic mass is 32.2. The van der Waals surface area contributed by atoms with Gasteiger partial charge in [0.1, 0.15) is 9.79 Å². The molecule has 0 atom stereocenters. The monoisotopic (exact) mass is 504 g/mol. The van der Waals surface area contributed by atoms with Crippen LogP contribution in [0.2, 0.25) is 0 Å². The van der Waals surface area contributed by atoms with Gasteiger partial charge in [-0.1, -0.05) is 24.3 Å². The Morgan fingerprint density at radius 1 is 0.735 bits per heavy atom. The number of carbonyl (C=O) groups is 2. The molecule has 0 heterocycles. The van der Waals surface area contributed by atoms with Crippen molar-refractivity contribution in [2.75, 3.05) is 12.4 Å². The van der Waals surface area contributed by atoms with Gasteiger partial charge in [-0.25, -0.2) is 0 Å². The van der Waals surface area contributed by atoms with Crippen LogP contribution in [0, 0.1) is 6.92 Å². The van der Waals surface area contributed by atoms with Crippen molar-refractivity contribution in [1.29, 1.82) is 0 Å². The molecule has 3 rings (SSSR count). The maximum atomic E-state index is 12.6. The van der Waals surface area contributed by atoms with E-state index in [4.69, 9.17) is 0 Å². The number of benzene rings is 3. The standard InChI is InChI=1S/C22H20N2O8S2/c1-13-6-8-17(19(10-13)33(27,28)29)18-9-7-16(12-20(18)34(30,31)32)24-22(26)15-5-3-4-14(11-15)21(25)23-2/h3-12H,1-2H3,(H,23,25)(H,24,26)(H,27,28,29)(H,30,31,32). The minimum absolute atomic E-state index is 0.0211. The Morgan fingerprint density at radius 3 is 1.82 bits per heavy atom. The molecular formula is C22H20N2O8S2. The summed E-state index contributed by atoms with van der Waals surface area (Å²) >= 11 is 0. The third kappa shape index (κ3) is 5.48. The lowest BCUT2D eigenvalue weighted by Crippen LogP contribution is -2.19. The van der Waals surface area contributed by atoms with Gasteiger partial charge in [-0.2, -0.15) is 16.8 Å². The first-order chi connectivity index (χ1) is 15.8. The Kier molecular flexibility index (Phi) is 6.89. The smallest absolute Gasteiger partial charge is 0.295 e. The van der Waals surface area contributed by atoms with Crippen LogP contribution in [-0.4, -0.2) is 44.8 Å². The number of carbonyl (C=O) groups excluding carboxylic acids is 2. The maximum absolute atomic E-state index is 12.6. The Bertz CT molecular complexity index is 1510. The van der Waals surface area contributed by atoms with Crippen molar-refractivity contribution in [3.63, 3.8) is 0 Å². The van der Waals surface area contributed by atoms with Crippen molar-refractivity contribution in [2.45, 2.75) is 16.7 Å². The lowest BCUT2D eigenvalue weighted by atomic mass is 10.0. The number of anilines is 1. The summed E-state index contributed by atoms with van der Waals surface area (Å²) in [5.74, 6) is -1.06. The van der Waals surface area contributed by atoms with Crippen LogP contribution in [-0.2, 0) is 20.2 Å². The van der Waals surface area contributed by atoms with Crippen LogP contribution in [0.25, 0.3) is 11.1 Å². The molecule has 0 saturated carbocycles. The second-order valence-electron chi connectivity index (χ2n) is 7.27. The summed E-state index contributed by atoms with van der Waals surface area (Å²) in [5, 5.41) is 4.91. The lowest BCUT2D eigenvalue weighted by molar-refractivity contribution is 0.0963. The van der Waals surface area contributed by atoms with E-state index in [0.717, 1.165) is 12.1 Å². The molecule has 178 valence electrons. The van der Waals surface area contributed by atoms with E-state index in [0.29, 0.717) is 5.56 Å². The molecule has 0 aliphatic carbocycles. The van der Waals surface area contributed by atoms with Gasteiger partial charge in [0.15, 0.2) is 0 Å². The summed E-state index contributed by atoms with van der Waals surface area (Å²) < 4.78 is 67.3. The Hall–Kier alpha value is -3.58. The minimum Gasteiger partial charge on any atom is -0.355 e. The third-order valence-electron chi connectivity index (χ3n) is 4.84. The molecule has 0 aromatic heterocycles. The van der Waals surface area contributed by atoms with Gasteiger partial charge in [0, 0.05) is 35.0 Å². The van der Waals surface area contributed by atoms with E-state index in [1.807, 2.05) is 0 Å². The molecule has 3 aromatic rings. The Morgan fingerprint density at radius 2 is 1.26 bits per heavy atom. The first kappa shape index (κ1) is 25.1. The number of aryl methyl sites for hydroxylation is 1. The Balaban J connectivity index is 2.07. The number of hydrogen-bond acceptors (Lipinski definition) is 6. The van der Waals surface area contributed by atoms with Gasteiger partial charge in [-0.15, -0.1) is 0 Å². The lowest BCUT2D eigenvalue weighted by Gasteiger charge is -2.14. The summed E-state index contributed by atoms with van der Waals surface area (Å²) in [7, 11) is -8.16. The fourth-order valence-electron chi connectivity index (χ4n) is 3.25. The van der Waals surface area contributed by atoms with Gasteiger partial charge >= 0.3 is 0 Å². The zero-order chi connectivity index (χ0) is 25.3. The van der Waals surface area contributed by atoms with Crippen molar-refractivity contribution in [3.8, 4) is 11.1 Å². The largest absolute Gasteiger partial charge is 0.355 e. The van der Waals surface area contributed by atoms with Crippen molar-refractivity contribution in [3.05, 3.63) is 77.4 Å². The molecule has 0 radical (unpaired) electrons. The van der Waals surface area contributed by atoms with Crippen LogP contribution >= 0.6 is 0 Å². The van der Waals surface area contributed by atoms with E-state index < -0.39 is 41.8 Å². The molecule has 0 bridgehead atoms. The molecule has 10 nitrogen and oxygen atoms in total. The van der Waals surface area contributed by atoms with E-state index in [1.165, 1.54) is 55.6 Å². The summed E-state index contributed by atoms with van der Waals surface area (Å²) in [6.45, 7) is 1.58. The molecule has 0 spiro atoms. The first-order valence-electron chi connectivity index (χ1n) is 9.65. The SMILES string of the molecule is CNC(=O)c1cccc(C(=O)Nc2ccc(-c3ccc(C)cc3S(=O)(=O)O)c(S(=O)(=O)O)c2)c1. The summed E-state index contributed by atoms with van der Waals surface area (Å²) in [6.07, 6.45) is 0. The van der Waals surface area contributed by atoms with Crippen LogP contribution in [0.5, 0.6) is 0 Å². The summed E-state index contributed by atoms with van der Waals surface area (Å²) in [4.78, 5) is 23.2.